The predicted octanol–water partition coefficient (Wildman–Crippen LogP) is 2.54. The van der Waals surface area contributed by atoms with E-state index < -0.39 is 12.3 Å². The summed E-state index contributed by atoms with van der Waals surface area (Å²) >= 11 is 0. The SMILES string of the molecule is CC(C)C(C)C(F)F. The monoisotopic (exact) mass is 122 g/mol. The molecule has 1 unspecified atom stereocenters. The van der Waals surface area contributed by atoms with E-state index in [1.807, 2.05) is 0 Å². The zero-order valence-corrected chi connectivity index (χ0v) is 5.49. The minimum absolute atomic E-state index is 0.0926. The van der Waals surface area contributed by atoms with Crippen molar-refractivity contribution < 1.29 is 8.78 Å². The Labute approximate surface area is 48.9 Å². The zero-order valence-electron chi connectivity index (χ0n) is 5.49. The summed E-state index contributed by atoms with van der Waals surface area (Å²) < 4.78 is 23.4. The Hall–Kier alpha value is -0.140. The van der Waals surface area contributed by atoms with Gasteiger partial charge >= 0.3 is 0 Å². The van der Waals surface area contributed by atoms with Crippen LogP contribution in [0.25, 0.3) is 0 Å². The van der Waals surface area contributed by atoms with Gasteiger partial charge in [-0.05, 0) is 5.92 Å². The molecule has 0 aromatic heterocycles. The summed E-state index contributed by atoms with van der Waals surface area (Å²) in [5, 5.41) is 0. The molecular formula is C6H12F2. The molecule has 0 aliphatic carbocycles. The summed E-state index contributed by atoms with van der Waals surface area (Å²) in [5.74, 6) is -0.370. The molecule has 0 nitrogen and oxygen atoms in total. The molecule has 0 saturated heterocycles. The highest BCUT2D eigenvalue weighted by atomic mass is 19.3. The molecule has 50 valence electrons. The Kier molecular flexibility index (Phi) is 2.95. The molecule has 2 heteroatoms. The van der Waals surface area contributed by atoms with Crippen molar-refractivity contribution in [3.8, 4) is 0 Å². The Balaban J connectivity index is 3.46. The fraction of sp³-hybridized carbons (Fsp3) is 1.00. The van der Waals surface area contributed by atoms with E-state index in [9.17, 15) is 8.78 Å². The Morgan fingerprint density at radius 1 is 1.00 bits per heavy atom. The van der Waals surface area contributed by atoms with Crippen molar-refractivity contribution in [1.82, 2.24) is 0 Å². The Morgan fingerprint density at radius 3 is 1.38 bits per heavy atom. The molecule has 0 aromatic carbocycles. The van der Waals surface area contributed by atoms with Crippen molar-refractivity contribution >= 4 is 0 Å². The second kappa shape index (κ2) is 3.00. The standard InChI is InChI=1S/C6H12F2/c1-4(2)5(3)6(7)8/h4-6H,1-3H3. The lowest BCUT2D eigenvalue weighted by Crippen LogP contribution is -2.12. The van der Waals surface area contributed by atoms with E-state index in [1.54, 1.807) is 20.8 Å². The number of halogens is 2. The number of alkyl halides is 2. The van der Waals surface area contributed by atoms with Crippen molar-refractivity contribution in [2.24, 2.45) is 11.8 Å². The Bertz CT molecular complexity index is 51.5. The molecule has 0 N–H and O–H groups in total. The molecule has 0 bridgehead atoms. The van der Waals surface area contributed by atoms with Crippen LogP contribution in [0.4, 0.5) is 8.78 Å². The van der Waals surface area contributed by atoms with Crippen molar-refractivity contribution in [3.05, 3.63) is 0 Å². The van der Waals surface area contributed by atoms with Crippen LogP contribution in [0.2, 0.25) is 0 Å². The van der Waals surface area contributed by atoms with Crippen LogP contribution in [0, 0.1) is 11.8 Å². The average molecular weight is 122 g/mol. The highest BCUT2D eigenvalue weighted by Crippen LogP contribution is 2.17. The lowest BCUT2D eigenvalue weighted by molar-refractivity contribution is 0.0626. The van der Waals surface area contributed by atoms with Gasteiger partial charge < -0.3 is 0 Å². The van der Waals surface area contributed by atoms with Crippen LogP contribution in [0.15, 0.2) is 0 Å². The molecule has 0 fully saturated rings. The van der Waals surface area contributed by atoms with Gasteiger partial charge in [-0.3, -0.25) is 0 Å². The Morgan fingerprint density at radius 2 is 1.38 bits per heavy atom. The van der Waals surface area contributed by atoms with Gasteiger partial charge in [0.1, 0.15) is 0 Å². The topological polar surface area (TPSA) is 0 Å². The first-order valence-electron chi connectivity index (χ1n) is 2.84. The molecule has 0 rings (SSSR count). The molecule has 0 heterocycles. The third-order valence-corrected chi connectivity index (χ3v) is 1.45. The van der Waals surface area contributed by atoms with Gasteiger partial charge in [-0.1, -0.05) is 20.8 Å². The van der Waals surface area contributed by atoms with Gasteiger partial charge in [-0.15, -0.1) is 0 Å². The number of rotatable bonds is 2. The van der Waals surface area contributed by atoms with Gasteiger partial charge in [0, 0.05) is 5.92 Å². The number of hydrogen-bond donors (Lipinski definition) is 0. The van der Waals surface area contributed by atoms with Crippen molar-refractivity contribution in [3.63, 3.8) is 0 Å². The minimum atomic E-state index is -2.16. The van der Waals surface area contributed by atoms with Gasteiger partial charge in [-0.25, -0.2) is 8.78 Å². The first-order chi connectivity index (χ1) is 3.55. The van der Waals surface area contributed by atoms with Crippen LogP contribution in [0.5, 0.6) is 0 Å². The maximum absolute atomic E-state index is 11.7. The normalized spacial score (nSPS) is 15.4. The molecule has 0 saturated carbocycles. The zero-order chi connectivity index (χ0) is 6.73. The van der Waals surface area contributed by atoms with Crippen LogP contribution >= 0.6 is 0 Å². The van der Waals surface area contributed by atoms with E-state index in [-0.39, 0.29) is 5.92 Å². The smallest absolute Gasteiger partial charge is 0.210 e. The van der Waals surface area contributed by atoms with Gasteiger partial charge in [0.05, 0.1) is 0 Å². The molecule has 0 aliphatic rings. The first-order valence-corrected chi connectivity index (χ1v) is 2.84. The predicted molar refractivity (Wildman–Crippen MR) is 30.0 cm³/mol. The molecule has 8 heavy (non-hydrogen) atoms. The summed E-state index contributed by atoms with van der Waals surface area (Å²) in [6.07, 6.45) is -2.16. The van der Waals surface area contributed by atoms with Crippen molar-refractivity contribution in [2.45, 2.75) is 27.2 Å². The van der Waals surface area contributed by atoms with E-state index in [2.05, 4.69) is 0 Å². The lowest BCUT2D eigenvalue weighted by atomic mass is 9.99. The van der Waals surface area contributed by atoms with Gasteiger partial charge in [0.15, 0.2) is 0 Å². The van der Waals surface area contributed by atoms with E-state index >= 15 is 0 Å². The molecule has 0 radical (unpaired) electrons. The molecule has 1 atom stereocenters. The van der Waals surface area contributed by atoms with E-state index in [4.69, 9.17) is 0 Å². The highest BCUT2D eigenvalue weighted by Gasteiger charge is 2.17. The summed E-state index contributed by atoms with van der Waals surface area (Å²) in [6.45, 7) is 5.17. The summed E-state index contributed by atoms with van der Waals surface area (Å²) in [5.41, 5.74) is 0. The summed E-state index contributed by atoms with van der Waals surface area (Å²) in [4.78, 5) is 0. The third kappa shape index (κ3) is 2.24. The van der Waals surface area contributed by atoms with Crippen LogP contribution < -0.4 is 0 Å². The second-order valence-electron chi connectivity index (χ2n) is 2.44. The number of hydrogen-bond acceptors (Lipinski definition) is 0. The van der Waals surface area contributed by atoms with Gasteiger partial charge in [0.2, 0.25) is 6.43 Å². The average Bonchev–Trinajstić information content (AvgIpc) is 1.64. The van der Waals surface area contributed by atoms with Crippen LogP contribution in [-0.4, -0.2) is 6.43 Å². The first kappa shape index (κ1) is 7.86. The maximum Gasteiger partial charge on any atom is 0.241 e. The van der Waals surface area contributed by atoms with Crippen LogP contribution in [0.3, 0.4) is 0 Å². The van der Waals surface area contributed by atoms with Crippen molar-refractivity contribution in [1.29, 1.82) is 0 Å². The molecule has 0 spiro atoms. The van der Waals surface area contributed by atoms with Gasteiger partial charge in [0.25, 0.3) is 0 Å². The van der Waals surface area contributed by atoms with Crippen LogP contribution in [0.1, 0.15) is 20.8 Å². The van der Waals surface area contributed by atoms with Crippen LogP contribution in [-0.2, 0) is 0 Å². The molecule has 0 aromatic rings. The molecule has 0 amide bonds. The fourth-order valence-electron chi connectivity index (χ4n) is 0.291. The fourth-order valence-corrected chi connectivity index (χ4v) is 0.291. The largest absolute Gasteiger partial charge is 0.241 e. The molecular weight excluding hydrogens is 110 g/mol. The van der Waals surface area contributed by atoms with Gasteiger partial charge in [-0.2, -0.15) is 0 Å². The summed E-state index contributed by atoms with van der Waals surface area (Å²) in [7, 11) is 0. The second-order valence-corrected chi connectivity index (χ2v) is 2.44. The van der Waals surface area contributed by atoms with E-state index in [1.165, 1.54) is 0 Å². The van der Waals surface area contributed by atoms with E-state index in [0.29, 0.717) is 0 Å². The lowest BCUT2D eigenvalue weighted by Gasteiger charge is -2.12. The molecule has 0 aliphatic heterocycles. The highest BCUT2D eigenvalue weighted by molar-refractivity contribution is 4.57. The summed E-state index contributed by atoms with van der Waals surface area (Å²) in [6, 6.07) is 0. The van der Waals surface area contributed by atoms with Crippen molar-refractivity contribution in [2.75, 3.05) is 0 Å². The van der Waals surface area contributed by atoms with E-state index in [0.717, 1.165) is 0 Å². The maximum atomic E-state index is 11.7. The third-order valence-electron chi connectivity index (χ3n) is 1.45. The quantitative estimate of drug-likeness (QED) is 0.528. The minimum Gasteiger partial charge on any atom is -0.210 e.